The Morgan fingerprint density at radius 3 is 2.88 bits per heavy atom. The fraction of sp³-hybridized carbons (Fsp3) is 0.529. The lowest BCUT2D eigenvalue weighted by Gasteiger charge is -2.44. The zero-order valence-corrected chi connectivity index (χ0v) is 14.1. The molecule has 1 saturated heterocycles. The zero-order chi connectivity index (χ0) is 16.5. The summed E-state index contributed by atoms with van der Waals surface area (Å²) in [5, 5.41) is 8.84. The number of nitrogens with zero attached hydrogens (tertiary/aromatic N) is 6. The summed E-state index contributed by atoms with van der Waals surface area (Å²) in [5.41, 5.74) is 2.56. The molecule has 2 aromatic heterocycles. The normalized spacial score (nSPS) is 17.2. The monoisotopic (exact) mass is 326 g/mol. The van der Waals surface area contributed by atoms with Gasteiger partial charge >= 0.3 is 0 Å². The number of rotatable bonds is 4. The van der Waals surface area contributed by atoms with Gasteiger partial charge in [0.25, 0.3) is 0 Å². The van der Waals surface area contributed by atoms with E-state index in [1.807, 2.05) is 7.05 Å². The third-order valence-electron chi connectivity index (χ3n) is 4.93. The van der Waals surface area contributed by atoms with E-state index in [9.17, 15) is 0 Å². The summed E-state index contributed by atoms with van der Waals surface area (Å²) in [5.74, 6) is 2.27. The highest BCUT2D eigenvalue weighted by Gasteiger charge is 2.33. The van der Waals surface area contributed by atoms with Gasteiger partial charge < -0.3 is 14.5 Å². The van der Waals surface area contributed by atoms with Crippen LogP contribution in [0.2, 0.25) is 0 Å². The molecule has 7 heteroatoms. The second-order valence-corrected chi connectivity index (χ2v) is 6.45. The summed E-state index contributed by atoms with van der Waals surface area (Å²) in [6.45, 7) is 1.81. The summed E-state index contributed by atoms with van der Waals surface area (Å²) in [7, 11) is 3.64. The SMILES string of the molecule is COc1ccnc(N(C)C2CN(c3cc4c(nn3)CCCC4)C2)n1. The van der Waals surface area contributed by atoms with Crippen LogP contribution in [0, 0.1) is 0 Å². The van der Waals surface area contributed by atoms with Crippen LogP contribution >= 0.6 is 0 Å². The summed E-state index contributed by atoms with van der Waals surface area (Å²) in [4.78, 5) is 13.1. The molecule has 0 aromatic carbocycles. The molecule has 1 fully saturated rings. The summed E-state index contributed by atoms with van der Waals surface area (Å²) >= 11 is 0. The van der Waals surface area contributed by atoms with Gasteiger partial charge in [-0.1, -0.05) is 0 Å². The van der Waals surface area contributed by atoms with Gasteiger partial charge in [-0.15, -0.1) is 5.10 Å². The Hall–Kier alpha value is -2.44. The predicted molar refractivity (Wildman–Crippen MR) is 91.7 cm³/mol. The Morgan fingerprint density at radius 2 is 2.04 bits per heavy atom. The lowest BCUT2D eigenvalue weighted by atomic mass is 9.96. The van der Waals surface area contributed by atoms with Crippen LogP contribution in [0.15, 0.2) is 18.3 Å². The second-order valence-electron chi connectivity index (χ2n) is 6.45. The minimum absolute atomic E-state index is 0.370. The Labute approximate surface area is 141 Å². The van der Waals surface area contributed by atoms with Crippen LogP contribution in [0.4, 0.5) is 11.8 Å². The first-order chi connectivity index (χ1) is 11.7. The molecule has 0 N–H and O–H groups in total. The number of methoxy groups -OCH3 is 1. The molecule has 1 aliphatic carbocycles. The number of fused-ring (bicyclic) bond motifs is 1. The van der Waals surface area contributed by atoms with Gasteiger partial charge in [0, 0.05) is 32.4 Å². The van der Waals surface area contributed by atoms with E-state index in [0.29, 0.717) is 17.9 Å². The number of aromatic nitrogens is 4. The van der Waals surface area contributed by atoms with E-state index in [2.05, 4.69) is 36.0 Å². The second kappa shape index (κ2) is 6.22. The Morgan fingerprint density at radius 1 is 1.21 bits per heavy atom. The minimum atomic E-state index is 0.370. The molecule has 0 bridgehead atoms. The van der Waals surface area contributed by atoms with Gasteiger partial charge in [0.05, 0.1) is 18.8 Å². The van der Waals surface area contributed by atoms with E-state index in [0.717, 1.165) is 31.7 Å². The first-order valence-corrected chi connectivity index (χ1v) is 8.45. The van der Waals surface area contributed by atoms with E-state index in [1.54, 1.807) is 19.4 Å². The number of anilines is 2. The minimum Gasteiger partial charge on any atom is -0.481 e. The van der Waals surface area contributed by atoms with Crippen LogP contribution in [0.3, 0.4) is 0 Å². The average Bonchev–Trinajstić information content (AvgIpc) is 2.60. The Kier molecular flexibility index (Phi) is 3.92. The number of hydrogen-bond acceptors (Lipinski definition) is 7. The van der Waals surface area contributed by atoms with E-state index >= 15 is 0 Å². The molecule has 3 heterocycles. The van der Waals surface area contributed by atoms with Crippen molar-refractivity contribution in [1.82, 2.24) is 20.2 Å². The lowest BCUT2D eigenvalue weighted by Crippen LogP contribution is -2.59. The largest absolute Gasteiger partial charge is 0.481 e. The van der Waals surface area contributed by atoms with Crippen molar-refractivity contribution in [2.45, 2.75) is 31.7 Å². The molecule has 0 spiro atoms. The van der Waals surface area contributed by atoms with Gasteiger partial charge in [-0.05, 0) is 37.3 Å². The van der Waals surface area contributed by atoms with Gasteiger partial charge in [-0.3, -0.25) is 0 Å². The van der Waals surface area contributed by atoms with Gasteiger partial charge in [0.2, 0.25) is 11.8 Å². The van der Waals surface area contributed by atoms with E-state index in [4.69, 9.17) is 4.74 Å². The highest BCUT2D eigenvalue weighted by Crippen LogP contribution is 2.27. The molecule has 1 aliphatic heterocycles. The van der Waals surface area contributed by atoms with Gasteiger partial charge in [-0.2, -0.15) is 10.1 Å². The maximum Gasteiger partial charge on any atom is 0.228 e. The van der Waals surface area contributed by atoms with Crippen LogP contribution in [-0.4, -0.2) is 53.5 Å². The molecule has 126 valence electrons. The van der Waals surface area contributed by atoms with E-state index in [1.165, 1.54) is 24.1 Å². The number of likely N-dealkylation sites (N-methyl/N-ethyl adjacent to an activating group) is 1. The molecule has 4 rings (SSSR count). The summed E-state index contributed by atoms with van der Waals surface area (Å²) in [6.07, 6.45) is 6.42. The molecule has 0 radical (unpaired) electrons. The van der Waals surface area contributed by atoms with Crippen molar-refractivity contribution in [2.75, 3.05) is 37.0 Å². The van der Waals surface area contributed by atoms with Crippen molar-refractivity contribution in [1.29, 1.82) is 0 Å². The fourth-order valence-electron chi connectivity index (χ4n) is 3.30. The standard InChI is InChI=1S/C17H22N6O/c1-22(17-18-8-7-16(19-17)24-2)13-10-23(11-13)15-9-12-5-3-4-6-14(12)20-21-15/h7-9,13H,3-6,10-11H2,1-2H3. The van der Waals surface area contributed by atoms with Crippen molar-refractivity contribution in [3.63, 3.8) is 0 Å². The van der Waals surface area contributed by atoms with Crippen molar-refractivity contribution in [3.05, 3.63) is 29.6 Å². The van der Waals surface area contributed by atoms with Crippen molar-refractivity contribution in [2.24, 2.45) is 0 Å². The topological polar surface area (TPSA) is 67.3 Å². The third kappa shape index (κ3) is 2.74. The first-order valence-electron chi connectivity index (χ1n) is 8.45. The van der Waals surface area contributed by atoms with Crippen LogP contribution in [0.5, 0.6) is 5.88 Å². The molecule has 0 saturated carbocycles. The Bertz CT molecular complexity index is 731. The number of aryl methyl sites for hydroxylation is 2. The molecule has 0 unspecified atom stereocenters. The Balaban J connectivity index is 1.42. The molecule has 0 amide bonds. The third-order valence-corrected chi connectivity index (χ3v) is 4.93. The van der Waals surface area contributed by atoms with Crippen LogP contribution in [0.1, 0.15) is 24.1 Å². The molecule has 24 heavy (non-hydrogen) atoms. The average molecular weight is 326 g/mol. The fourth-order valence-corrected chi connectivity index (χ4v) is 3.30. The summed E-state index contributed by atoms with van der Waals surface area (Å²) in [6, 6.07) is 4.35. The van der Waals surface area contributed by atoms with Crippen molar-refractivity contribution >= 4 is 11.8 Å². The highest BCUT2D eigenvalue weighted by atomic mass is 16.5. The molecule has 2 aromatic rings. The van der Waals surface area contributed by atoms with Gasteiger partial charge in [0.1, 0.15) is 0 Å². The summed E-state index contributed by atoms with van der Waals surface area (Å²) < 4.78 is 5.17. The maximum atomic E-state index is 5.17. The van der Waals surface area contributed by atoms with Crippen molar-refractivity contribution in [3.8, 4) is 5.88 Å². The number of ether oxygens (including phenoxy) is 1. The molecular weight excluding hydrogens is 304 g/mol. The lowest BCUT2D eigenvalue weighted by molar-refractivity contribution is 0.395. The molecule has 0 atom stereocenters. The highest BCUT2D eigenvalue weighted by molar-refractivity contribution is 5.48. The zero-order valence-electron chi connectivity index (χ0n) is 14.1. The van der Waals surface area contributed by atoms with Gasteiger partial charge in [-0.25, -0.2) is 4.98 Å². The van der Waals surface area contributed by atoms with Crippen LogP contribution < -0.4 is 14.5 Å². The van der Waals surface area contributed by atoms with E-state index in [-0.39, 0.29) is 0 Å². The van der Waals surface area contributed by atoms with Gasteiger partial charge in [0.15, 0.2) is 5.82 Å². The maximum absolute atomic E-state index is 5.17. The molecule has 2 aliphatic rings. The smallest absolute Gasteiger partial charge is 0.228 e. The van der Waals surface area contributed by atoms with Crippen LogP contribution in [0.25, 0.3) is 0 Å². The number of hydrogen-bond donors (Lipinski definition) is 0. The first kappa shape index (κ1) is 15.1. The van der Waals surface area contributed by atoms with E-state index < -0.39 is 0 Å². The van der Waals surface area contributed by atoms with Crippen molar-refractivity contribution < 1.29 is 4.74 Å². The molecular formula is C17H22N6O. The predicted octanol–water partition coefficient (Wildman–Crippen LogP) is 1.48. The molecule has 7 nitrogen and oxygen atoms in total. The quantitative estimate of drug-likeness (QED) is 0.843. The van der Waals surface area contributed by atoms with Crippen LogP contribution in [-0.2, 0) is 12.8 Å².